The molecule has 0 unspecified atom stereocenters. The lowest BCUT2D eigenvalue weighted by Crippen LogP contribution is -2.37. The summed E-state index contributed by atoms with van der Waals surface area (Å²) < 4.78 is 55.9. The molecule has 2 heterocycles. The van der Waals surface area contributed by atoms with E-state index in [1.54, 1.807) is 24.3 Å². The van der Waals surface area contributed by atoms with Crippen molar-refractivity contribution in [2.45, 2.75) is 44.9 Å². The van der Waals surface area contributed by atoms with Crippen LogP contribution in [0.15, 0.2) is 48.5 Å². The molecule has 0 aliphatic carbocycles. The van der Waals surface area contributed by atoms with Crippen LogP contribution in [-0.2, 0) is 11.0 Å². The van der Waals surface area contributed by atoms with Gasteiger partial charge in [0, 0.05) is 18.7 Å². The Morgan fingerprint density at radius 3 is 2.10 bits per heavy atom. The number of ether oxygens (including phenoxy) is 3. The van der Waals surface area contributed by atoms with Gasteiger partial charge in [0.05, 0.1) is 5.56 Å². The van der Waals surface area contributed by atoms with Crippen LogP contribution in [0.5, 0.6) is 17.5 Å². The first-order chi connectivity index (χ1) is 18.5. The maximum Gasteiger partial charge on any atom is 0.416 e. The molecule has 2 aromatic carbocycles. The second kappa shape index (κ2) is 11.7. The van der Waals surface area contributed by atoms with Crippen molar-refractivity contribution in [3.63, 3.8) is 0 Å². The Labute approximate surface area is 223 Å². The van der Waals surface area contributed by atoms with Gasteiger partial charge < -0.3 is 24.2 Å². The standard InChI is InChI=1S/C27H29F3N4O5/c1-26(2,23(35)36)39-21-12-10-20(11-13-21)37-16-17-38-25-32-22(18-6-8-19(9-7-18)27(28,29)30)31-24(33-25)34-14-4-3-5-15-34/h6-13H,3-5,14-17H2,1-2H3,(H,35,36). The molecule has 12 heteroatoms. The molecule has 4 rings (SSSR count). The van der Waals surface area contributed by atoms with Crippen LogP contribution in [0.2, 0.25) is 0 Å². The normalized spacial score (nSPS) is 14.1. The van der Waals surface area contributed by atoms with Gasteiger partial charge in [-0.1, -0.05) is 12.1 Å². The molecule has 208 valence electrons. The predicted octanol–water partition coefficient (Wildman–Crippen LogP) is 5.25. The first-order valence-corrected chi connectivity index (χ1v) is 12.5. The Hall–Kier alpha value is -4.09. The molecule has 1 aliphatic rings. The average molecular weight is 547 g/mol. The number of carboxylic acid groups (broad SMARTS) is 1. The van der Waals surface area contributed by atoms with Crippen molar-refractivity contribution in [3.05, 3.63) is 54.1 Å². The molecule has 1 fully saturated rings. The number of halogens is 3. The van der Waals surface area contributed by atoms with Gasteiger partial charge in [-0.3, -0.25) is 0 Å². The summed E-state index contributed by atoms with van der Waals surface area (Å²) in [5, 5.41) is 9.19. The lowest BCUT2D eigenvalue weighted by atomic mass is 10.1. The van der Waals surface area contributed by atoms with Crippen LogP contribution in [0, 0.1) is 0 Å². The third-order valence-corrected chi connectivity index (χ3v) is 6.01. The van der Waals surface area contributed by atoms with E-state index in [0.717, 1.165) is 44.5 Å². The summed E-state index contributed by atoms with van der Waals surface area (Å²) in [6.45, 7) is 4.70. The summed E-state index contributed by atoms with van der Waals surface area (Å²) in [5.41, 5.74) is -1.71. The number of hydrogen-bond donors (Lipinski definition) is 1. The van der Waals surface area contributed by atoms with Crippen LogP contribution in [-0.4, -0.2) is 57.9 Å². The van der Waals surface area contributed by atoms with Crippen LogP contribution >= 0.6 is 0 Å². The molecule has 1 N–H and O–H groups in total. The van der Waals surface area contributed by atoms with Gasteiger partial charge >= 0.3 is 18.2 Å². The van der Waals surface area contributed by atoms with E-state index in [9.17, 15) is 23.1 Å². The Balaban J connectivity index is 1.42. The largest absolute Gasteiger partial charge is 0.490 e. The number of piperidine rings is 1. The highest BCUT2D eigenvalue weighted by Gasteiger charge is 2.30. The van der Waals surface area contributed by atoms with E-state index in [-0.39, 0.29) is 25.0 Å². The zero-order valence-corrected chi connectivity index (χ0v) is 21.6. The summed E-state index contributed by atoms with van der Waals surface area (Å²) in [6, 6.07) is 11.2. The van der Waals surface area contributed by atoms with Crippen molar-refractivity contribution in [1.82, 2.24) is 15.0 Å². The molecule has 0 amide bonds. The fraction of sp³-hybridized carbons (Fsp3) is 0.407. The molecule has 0 bridgehead atoms. The summed E-state index contributed by atoms with van der Waals surface area (Å²) in [4.78, 5) is 26.5. The molecule has 1 aromatic heterocycles. The molecule has 0 atom stereocenters. The summed E-state index contributed by atoms with van der Waals surface area (Å²) >= 11 is 0. The summed E-state index contributed by atoms with van der Waals surface area (Å²) in [7, 11) is 0. The van der Waals surface area contributed by atoms with Crippen molar-refractivity contribution >= 4 is 11.9 Å². The quantitative estimate of drug-likeness (QED) is 0.341. The number of nitrogens with zero attached hydrogens (tertiary/aromatic N) is 4. The lowest BCUT2D eigenvalue weighted by molar-refractivity contribution is -0.152. The van der Waals surface area contributed by atoms with Crippen LogP contribution < -0.4 is 19.1 Å². The first kappa shape index (κ1) is 27.9. The molecule has 3 aromatic rings. The molecule has 0 radical (unpaired) electrons. The number of alkyl halides is 3. The van der Waals surface area contributed by atoms with Gasteiger partial charge in [-0.2, -0.15) is 28.1 Å². The van der Waals surface area contributed by atoms with E-state index in [0.29, 0.717) is 23.0 Å². The fourth-order valence-electron chi connectivity index (χ4n) is 3.82. The van der Waals surface area contributed by atoms with Gasteiger partial charge in [0.15, 0.2) is 11.4 Å². The van der Waals surface area contributed by atoms with E-state index >= 15 is 0 Å². The second-order valence-electron chi connectivity index (χ2n) is 9.45. The third-order valence-electron chi connectivity index (χ3n) is 6.01. The Kier molecular flexibility index (Phi) is 8.41. The number of rotatable bonds is 10. The zero-order valence-electron chi connectivity index (χ0n) is 21.6. The van der Waals surface area contributed by atoms with Gasteiger partial charge in [0.2, 0.25) is 5.95 Å². The van der Waals surface area contributed by atoms with Crippen LogP contribution in [0.4, 0.5) is 19.1 Å². The van der Waals surface area contributed by atoms with E-state index in [1.165, 1.54) is 26.0 Å². The highest BCUT2D eigenvalue weighted by Crippen LogP contribution is 2.31. The average Bonchev–Trinajstić information content (AvgIpc) is 2.92. The van der Waals surface area contributed by atoms with Crippen molar-refractivity contribution in [3.8, 4) is 28.9 Å². The number of aliphatic carboxylic acids is 1. The number of hydrogen-bond acceptors (Lipinski definition) is 8. The maximum atomic E-state index is 13.0. The molecule has 0 spiro atoms. The maximum absolute atomic E-state index is 13.0. The van der Waals surface area contributed by atoms with Gasteiger partial charge in [-0.25, -0.2) is 4.79 Å². The zero-order chi connectivity index (χ0) is 28.0. The lowest BCUT2D eigenvalue weighted by Gasteiger charge is -2.26. The minimum atomic E-state index is -4.44. The van der Waals surface area contributed by atoms with Crippen molar-refractivity contribution in [2.75, 3.05) is 31.2 Å². The van der Waals surface area contributed by atoms with Crippen molar-refractivity contribution in [2.24, 2.45) is 0 Å². The highest BCUT2D eigenvalue weighted by atomic mass is 19.4. The third kappa shape index (κ3) is 7.49. The van der Waals surface area contributed by atoms with E-state index < -0.39 is 23.3 Å². The van der Waals surface area contributed by atoms with E-state index in [1.807, 2.05) is 4.90 Å². The Bertz CT molecular complexity index is 1260. The minimum Gasteiger partial charge on any atom is -0.490 e. The minimum absolute atomic E-state index is 0.0451. The van der Waals surface area contributed by atoms with Crippen LogP contribution in [0.1, 0.15) is 38.7 Å². The summed E-state index contributed by atoms with van der Waals surface area (Å²) in [6.07, 6.45) is -1.35. The van der Waals surface area contributed by atoms with Gasteiger partial charge in [-0.05, 0) is 69.5 Å². The molecule has 39 heavy (non-hydrogen) atoms. The van der Waals surface area contributed by atoms with E-state index in [4.69, 9.17) is 14.2 Å². The molecular weight excluding hydrogens is 517 g/mol. The summed E-state index contributed by atoms with van der Waals surface area (Å²) in [5.74, 6) is 0.458. The van der Waals surface area contributed by atoms with Gasteiger partial charge in [0.25, 0.3) is 0 Å². The van der Waals surface area contributed by atoms with Gasteiger partial charge in [0.1, 0.15) is 24.7 Å². The number of aromatic nitrogens is 3. The Morgan fingerprint density at radius 2 is 1.49 bits per heavy atom. The van der Waals surface area contributed by atoms with E-state index in [2.05, 4.69) is 15.0 Å². The molecule has 9 nitrogen and oxygen atoms in total. The van der Waals surface area contributed by atoms with Crippen molar-refractivity contribution in [1.29, 1.82) is 0 Å². The first-order valence-electron chi connectivity index (χ1n) is 12.5. The molecule has 1 aliphatic heterocycles. The van der Waals surface area contributed by atoms with Gasteiger partial charge in [-0.15, -0.1) is 0 Å². The van der Waals surface area contributed by atoms with Crippen LogP contribution in [0.3, 0.4) is 0 Å². The number of benzene rings is 2. The number of carboxylic acids is 1. The highest BCUT2D eigenvalue weighted by molar-refractivity contribution is 5.76. The predicted molar refractivity (Wildman–Crippen MR) is 136 cm³/mol. The van der Waals surface area contributed by atoms with Crippen molar-refractivity contribution < 1.29 is 37.3 Å². The Morgan fingerprint density at radius 1 is 0.872 bits per heavy atom. The second-order valence-corrected chi connectivity index (χ2v) is 9.45. The molecular formula is C27H29F3N4O5. The van der Waals surface area contributed by atoms with Crippen LogP contribution in [0.25, 0.3) is 11.4 Å². The fourth-order valence-corrected chi connectivity index (χ4v) is 3.82. The molecule has 0 saturated carbocycles. The molecule has 1 saturated heterocycles. The SMILES string of the molecule is CC(C)(Oc1ccc(OCCOc2nc(-c3ccc(C(F)(F)F)cc3)nc(N3CCCCC3)n2)cc1)C(=O)O. The smallest absolute Gasteiger partial charge is 0.416 e. The number of carbonyl (C=O) groups is 1. The topological polar surface area (TPSA) is 107 Å². The number of anilines is 1. The monoisotopic (exact) mass is 546 g/mol.